The fraction of sp³-hybridized carbons (Fsp3) is 0.182. The van der Waals surface area contributed by atoms with Crippen molar-refractivity contribution in [2.45, 2.75) is 12.2 Å². The predicted octanol–water partition coefficient (Wildman–Crippen LogP) is 1.37. The van der Waals surface area contributed by atoms with Crippen LogP contribution >= 0.6 is 0 Å². The van der Waals surface area contributed by atoms with Gasteiger partial charge in [-0.05, 0) is 11.1 Å². The maximum absolute atomic E-state index is 11.9. The van der Waals surface area contributed by atoms with E-state index in [2.05, 4.69) is 10.6 Å². The van der Waals surface area contributed by atoms with Crippen LogP contribution in [0.25, 0.3) is 12.2 Å². The van der Waals surface area contributed by atoms with Gasteiger partial charge in [0.1, 0.15) is 0 Å². The Morgan fingerprint density at radius 2 is 1.07 bits per heavy atom. The molecule has 28 heavy (non-hydrogen) atoms. The van der Waals surface area contributed by atoms with Gasteiger partial charge in [-0.15, -0.1) is 0 Å². The second-order valence-electron chi connectivity index (χ2n) is 6.01. The zero-order chi connectivity index (χ0) is 20.2. The van der Waals surface area contributed by atoms with E-state index >= 15 is 0 Å². The summed E-state index contributed by atoms with van der Waals surface area (Å²) >= 11 is 0. The van der Waals surface area contributed by atoms with E-state index in [1.54, 1.807) is 12.2 Å². The van der Waals surface area contributed by atoms with E-state index in [0.717, 1.165) is 11.1 Å². The monoisotopic (exact) mass is 380 g/mol. The summed E-state index contributed by atoms with van der Waals surface area (Å²) in [6.07, 6.45) is 3.36. The summed E-state index contributed by atoms with van der Waals surface area (Å²) < 4.78 is 0. The van der Waals surface area contributed by atoms with Crippen LogP contribution in [-0.4, -0.2) is 47.3 Å². The molecular weight excluding hydrogens is 356 g/mol. The molecule has 0 aliphatic heterocycles. The number of amides is 2. The van der Waals surface area contributed by atoms with Crippen molar-refractivity contribution in [3.63, 3.8) is 0 Å². The molecule has 2 rings (SSSR count). The van der Waals surface area contributed by atoms with Gasteiger partial charge in [0.05, 0.1) is 0 Å². The summed E-state index contributed by atoms with van der Waals surface area (Å²) in [6, 6.07) is 19.0. The first-order valence-corrected chi connectivity index (χ1v) is 8.92. The maximum atomic E-state index is 11.9. The number of carbonyl (C=O) groups excluding carboxylic acids is 2. The van der Waals surface area contributed by atoms with Crippen molar-refractivity contribution >= 4 is 24.0 Å². The van der Waals surface area contributed by atoms with Gasteiger partial charge in [-0.25, -0.2) is 0 Å². The highest BCUT2D eigenvalue weighted by atomic mass is 16.3. The fourth-order valence-corrected chi connectivity index (χ4v) is 2.33. The van der Waals surface area contributed by atoms with E-state index in [-0.39, 0.29) is 13.1 Å². The molecule has 0 spiro atoms. The number of rotatable bonds is 9. The predicted molar refractivity (Wildman–Crippen MR) is 109 cm³/mol. The number of benzene rings is 2. The summed E-state index contributed by atoms with van der Waals surface area (Å²) in [6.45, 7) is 0.331. The van der Waals surface area contributed by atoms with Gasteiger partial charge in [-0.1, -0.05) is 85.0 Å². The Balaban J connectivity index is 1.71. The lowest BCUT2D eigenvalue weighted by atomic mass is 10.1. The van der Waals surface area contributed by atoms with Crippen molar-refractivity contribution in [1.29, 1.82) is 0 Å². The molecular formula is C22H24N2O4. The Morgan fingerprint density at radius 3 is 1.43 bits per heavy atom. The molecule has 6 heteroatoms. The van der Waals surface area contributed by atoms with Crippen molar-refractivity contribution in [2.24, 2.45) is 0 Å². The number of nitrogens with one attached hydrogen (secondary N) is 2. The third-order valence-corrected chi connectivity index (χ3v) is 3.84. The van der Waals surface area contributed by atoms with Gasteiger partial charge >= 0.3 is 0 Å². The zero-order valence-corrected chi connectivity index (χ0v) is 15.4. The first-order valence-electron chi connectivity index (χ1n) is 8.92. The minimum Gasteiger partial charge on any atom is -0.380 e. The second kappa shape index (κ2) is 11.5. The smallest absolute Gasteiger partial charge is 0.252 e. The molecule has 0 aromatic heterocycles. The molecule has 0 aliphatic rings. The van der Waals surface area contributed by atoms with Crippen LogP contribution in [0.2, 0.25) is 0 Å². The molecule has 0 fully saturated rings. The molecule has 6 nitrogen and oxygen atoms in total. The van der Waals surface area contributed by atoms with Crippen molar-refractivity contribution in [3.05, 3.63) is 83.9 Å². The van der Waals surface area contributed by atoms with Gasteiger partial charge in [0.2, 0.25) is 0 Å². The molecule has 0 radical (unpaired) electrons. The van der Waals surface area contributed by atoms with E-state index < -0.39 is 24.0 Å². The number of carbonyl (C=O) groups is 2. The Hall–Kier alpha value is -3.22. The molecule has 0 saturated carbocycles. The van der Waals surface area contributed by atoms with E-state index in [0.29, 0.717) is 0 Å². The number of aliphatic hydroxyl groups is 2. The van der Waals surface area contributed by atoms with Crippen LogP contribution in [0.3, 0.4) is 0 Å². The standard InChI is InChI=1S/C22H24N2O4/c25-19(21(27)23-15-7-13-17-9-3-1-4-10-17)20(26)22(28)24-16-8-14-18-11-5-2-6-12-18/h1-14,19-20,25-26H,15-16H2,(H,23,27)(H,24,28). The first kappa shape index (κ1) is 21.1. The highest BCUT2D eigenvalue weighted by molar-refractivity contribution is 5.90. The molecule has 0 saturated heterocycles. The van der Waals surface area contributed by atoms with Gasteiger partial charge in [-0.2, -0.15) is 0 Å². The van der Waals surface area contributed by atoms with Crippen LogP contribution < -0.4 is 10.6 Å². The molecule has 2 aromatic carbocycles. The molecule has 146 valence electrons. The highest BCUT2D eigenvalue weighted by Gasteiger charge is 2.29. The number of aliphatic hydroxyl groups excluding tert-OH is 2. The lowest BCUT2D eigenvalue weighted by Gasteiger charge is -2.16. The van der Waals surface area contributed by atoms with Crippen molar-refractivity contribution in [2.75, 3.05) is 13.1 Å². The summed E-state index contributed by atoms with van der Waals surface area (Å²) in [5.74, 6) is -1.64. The third-order valence-electron chi connectivity index (χ3n) is 3.84. The lowest BCUT2D eigenvalue weighted by molar-refractivity contribution is -0.145. The molecule has 2 aromatic rings. The van der Waals surface area contributed by atoms with E-state index in [9.17, 15) is 19.8 Å². The van der Waals surface area contributed by atoms with E-state index in [1.165, 1.54) is 0 Å². The largest absolute Gasteiger partial charge is 0.380 e. The van der Waals surface area contributed by atoms with Crippen LogP contribution in [0.15, 0.2) is 72.8 Å². The van der Waals surface area contributed by atoms with E-state index in [1.807, 2.05) is 72.8 Å². The number of hydrogen-bond acceptors (Lipinski definition) is 4. The highest BCUT2D eigenvalue weighted by Crippen LogP contribution is 2.01. The molecule has 0 aliphatic carbocycles. The molecule has 4 N–H and O–H groups in total. The van der Waals surface area contributed by atoms with Crippen LogP contribution in [0.1, 0.15) is 11.1 Å². The SMILES string of the molecule is O=C(NCC=Cc1ccccc1)C(O)C(O)C(=O)NCC=Cc1ccccc1. The van der Waals surface area contributed by atoms with Crippen molar-refractivity contribution < 1.29 is 19.8 Å². The topological polar surface area (TPSA) is 98.7 Å². The Bertz CT molecular complexity index is 734. The van der Waals surface area contributed by atoms with Crippen LogP contribution in [0.5, 0.6) is 0 Å². The van der Waals surface area contributed by atoms with Crippen LogP contribution in [0.4, 0.5) is 0 Å². The van der Waals surface area contributed by atoms with Crippen LogP contribution in [-0.2, 0) is 9.59 Å². The summed E-state index contributed by atoms with van der Waals surface area (Å²) in [4.78, 5) is 23.7. The maximum Gasteiger partial charge on any atom is 0.252 e. The third kappa shape index (κ3) is 7.19. The molecule has 0 heterocycles. The molecule has 2 atom stereocenters. The minimum absolute atomic E-state index is 0.166. The zero-order valence-electron chi connectivity index (χ0n) is 15.4. The normalized spacial score (nSPS) is 13.4. The first-order chi connectivity index (χ1) is 13.6. The Kier molecular flexibility index (Phi) is 8.65. The van der Waals surface area contributed by atoms with Crippen LogP contribution in [0, 0.1) is 0 Å². The quantitative estimate of drug-likeness (QED) is 0.528. The summed E-state index contributed by atoms with van der Waals surface area (Å²) in [7, 11) is 0. The van der Waals surface area contributed by atoms with Gasteiger partial charge < -0.3 is 20.8 Å². The second-order valence-corrected chi connectivity index (χ2v) is 6.01. The van der Waals surface area contributed by atoms with Crippen molar-refractivity contribution in [1.82, 2.24) is 10.6 Å². The van der Waals surface area contributed by atoms with Gasteiger partial charge in [0.25, 0.3) is 11.8 Å². The Morgan fingerprint density at radius 1 is 0.714 bits per heavy atom. The molecule has 2 unspecified atom stereocenters. The van der Waals surface area contributed by atoms with E-state index in [4.69, 9.17) is 0 Å². The minimum atomic E-state index is -1.84. The average molecular weight is 380 g/mol. The fourth-order valence-electron chi connectivity index (χ4n) is 2.33. The van der Waals surface area contributed by atoms with Gasteiger partial charge in [0, 0.05) is 13.1 Å². The van der Waals surface area contributed by atoms with Crippen molar-refractivity contribution in [3.8, 4) is 0 Å². The summed E-state index contributed by atoms with van der Waals surface area (Å²) in [5, 5.41) is 24.6. The molecule has 0 bridgehead atoms. The van der Waals surface area contributed by atoms with Gasteiger partial charge in [-0.3, -0.25) is 9.59 Å². The van der Waals surface area contributed by atoms with Gasteiger partial charge in [0.15, 0.2) is 12.2 Å². The Labute approximate surface area is 164 Å². The summed E-state index contributed by atoms with van der Waals surface area (Å²) in [5.41, 5.74) is 1.94. The lowest BCUT2D eigenvalue weighted by Crippen LogP contribution is -2.49. The number of hydrogen-bond donors (Lipinski definition) is 4. The average Bonchev–Trinajstić information content (AvgIpc) is 2.74. The molecule has 2 amide bonds.